The average Bonchev–Trinajstić information content (AvgIpc) is 2.93. The lowest BCUT2D eigenvalue weighted by atomic mass is 10.3. The van der Waals surface area contributed by atoms with E-state index in [-0.39, 0.29) is 0 Å². The number of hydrogen-bond donors (Lipinski definition) is 0. The third-order valence-electron chi connectivity index (χ3n) is 2.33. The Hall–Kier alpha value is -1.71. The van der Waals surface area contributed by atoms with Gasteiger partial charge in [-0.15, -0.1) is 21.5 Å². The number of rotatable bonds is 1. The van der Waals surface area contributed by atoms with Crippen LogP contribution in [0.1, 0.15) is 5.56 Å². The Labute approximate surface area is 109 Å². The van der Waals surface area contributed by atoms with E-state index in [0.717, 1.165) is 14.5 Å². The maximum atomic E-state index is 8.81. The topological polar surface area (TPSA) is 54.0 Å². The zero-order valence-corrected chi connectivity index (χ0v) is 10.9. The molecule has 0 bridgehead atoms. The van der Waals surface area contributed by atoms with Crippen molar-refractivity contribution in [3.05, 3.63) is 39.8 Å². The first kappa shape index (κ1) is 10.4. The van der Waals surface area contributed by atoms with Gasteiger partial charge in [-0.25, -0.2) is 0 Å². The summed E-state index contributed by atoms with van der Waals surface area (Å²) in [5.74, 6) is 0.792. The summed E-state index contributed by atoms with van der Waals surface area (Å²) >= 11 is 5.02. The molecule has 0 aromatic carbocycles. The fourth-order valence-corrected chi connectivity index (χ4v) is 2.93. The Kier molecular flexibility index (Phi) is 2.42. The van der Waals surface area contributed by atoms with E-state index in [4.69, 9.17) is 5.26 Å². The van der Waals surface area contributed by atoms with E-state index in [2.05, 4.69) is 32.2 Å². The summed E-state index contributed by atoms with van der Waals surface area (Å²) in [7, 11) is 0. The van der Waals surface area contributed by atoms with Gasteiger partial charge in [0.2, 0.25) is 0 Å². The molecule has 82 valence electrons. The van der Waals surface area contributed by atoms with Crippen LogP contribution in [-0.2, 0) is 0 Å². The van der Waals surface area contributed by atoms with Crippen LogP contribution in [0.25, 0.3) is 16.3 Å². The Morgan fingerprint density at radius 2 is 2.18 bits per heavy atom. The molecule has 3 aromatic rings. The number of aromatic nitrogens is 3. The van der Waals surface area contributed by atoms with Gasteiger partial charge >= 0.3 is 0 Å². The van der Waals surface area contributed by atoms with Crippen LogP contribution in [0.3, 0.4) is 0 Å². The van der Waals surface area contributed by atoms with Crippen LogP contribution < -0.4 is 0 Å². The quantitative estimate of drug-likeness (QED) is 0.694. The maximum Gasteiger partial charge on any atom is 0.178 e. The molecule has 0 aliphatic carbocycles. The molecular weight excluding hydrogens is 300 g/mol. The molecule has 0 N–H and O–H groups in total. The number of pyridine rings is 1. The van der Waals surface area contributed by atoms with E-state index in [9.17, 15) is 0 Å². The van der Waals surface area contributed by atoms with Crippen LogP contribution in [0.15, 0.2) is 34.2 Å². The van der Waals surface area contributed by atoms with Crippen LogP contribution in [0, 0.1) is 11.3 Å². The van der Waals surface area contributed by atoms with Crippen molar-refractivity contribution in [1.82, 2.24) is 14.6 Å². The van der Waals surface area contributed by atoms with E-state index >= 15 is 0 Å². The lowest BCUT2D eigenvalue weighted by molar-refractivity contribution is 1.12. The number of thiophene rings is 1. The average molecular weight is 305 g/mol. The molecule has 17 heavy (non-hydrogen) atoms. The minimum Gasteiger partial charge on any atom is -0.282 e. The highest BCUT2D eigenvalue weighted by molar-refractivity contribution is 9.11. The van der Waals surface area contributed by atoms with Crippen molar-refractivity contribution in [2.75, 3.05) is 0 Å². The van der Waals surface area contributed by atoms with Crippen molar-refractivity contribution >= 4 is 32.9 Å². The summed E-state index contributed by atoms with van der Waals surface area (Å²) in [4.78, 5) is 1.04. The van der Waals surface area contributed by atoms with Gasteiger partial charge in [-0.2, -0.15) is 5.26 Å². The van der Waals surface area contributed by atoms with Crippen molar-refractivity contribution in [1.29, 1.82) is 5.26 Å². The van der Waals surface area contributed by atoms with Crippen molar-refractivity contribution in [3.63, 3.8) is 0 Å². The van der Waals surface area contributed by atoms with E-state index in [1.54, 1.807) is 23.5 Å². The van der Waals surface area contributed by atoms with E-state index < -0.39 is 0 Å². The molecule has 0 spiro atoms. The Morgan fingerprint density at radius 3 is 2.88 bits per heavy atom. The van der Waals surface area contributed by atoms with E-state index in [1.165, 1.54) is 0 Å². The minimum absolute atomic E-state index is 0.587. The molecule has 0 saturated heterocycles. The van der Waals surface area contributed by atoms with Gasteiger partial charge in [0.15, 0.2) is 11.5 Å². The molecule has 0 saturated carbocycles. The predicted molar refractivity (Wildman–Crippen MR) is 68.7 cm³/mol. The van der Waals surface area contributed by atoms with Gasteiger partial charge < -0.3 is 0 Å². The second-order valence-corrected chi connectivity index (χ2v) is 5.85. The molecular formula is C11H5BrN4S. The highest BCUT2D eigenvalue weighted by Gasteiger charge is 2.10. The molecule has 4 nitrogen and oxygen atoms in total. The highest BCUT2D eigenvalue weighted by Crippen LogP contribution is 2.30. The second-order valence-electron chi connectivity index (χ2n) is 3.38. The molecule has 0 unspecified atom stereocenters. The smallest absolute Gasteiger partial charge is 0.178 e. The number of fused-ring (bicyclic) bond motifs is 1. The first-order chi connectivity index (χ1) is 8.28. The van der Waals surface area contributed by atoms with Gasteiger partial charge in [0.1, 0.15) is 0 Å². The third kappa shape index (κ3) is 1.73. The van der Waals surface area contributed by atoms with Crippen molar-refractivity contribution in [2.45, 2.75) is 0 Å². The Balaban J connectivity index is 2.22. The van der Waals surface area contributed by atoms with E-state index in [0.29, 0.717) is 11.2 Å². The minimum atomic E-state index is 0.587. The van der Waals surface area contributed by atoms with Gasteiger partial charge in [-0.05, 0) is 34.1 Å². The molecule has 0 aliphatic heterocycles. The zero-order valence-electron chi connectivity index (χ0n) is 8.46. The second kappa shape index (κ2) is 3.95. The molecule has 3 rings (SSSR count). The monoisotopic (exact) mass is 304 g/mol. The summed E-state index contributed by atoms with van der Waals surface area (Å²) in [6, 6.07) is 9.53. The molecule has 0 radical (unpaired) electrons. The van der Waals surface area contributed by atoms with Gasteiger partial charge in [0.25, 0.3) is 0 Å². The summed E-state index contributed by atoms with van der Waals surface area (Å²) in [5, 5.41) is 17.0. The van der Waals surface area contributed by atoms with Crippen molar-refractivity contribution in [2.24, 2.45) is 0 Å². The zero-order chi connectivity index (χ0) is 11.8. The molecule has 3 aromatic heterocycles. The SMILES string of the molecule is N#Cc1ccn2c(-c3ccc(Br)s3)nnc2c1. The van der Waals surface area contributed by atoms with Crippen LogP contribution in [0.4, 0.5) is 0 Å². The largest absolute Gasteiger partial charge is 0.282 e. The Morgan fingerprint density at radius 1 is 1.29 bits per heavy atom. The van der Waals surface area contributed by atoms with Gasteiger partial charge in [0.05, 0.1) is 20.3 Å². The molecule has 0 aliphatic rings. The van der Waals surface area contributed by atoms with Crippen LogP contribution in [0.2, 0.25) is 0 Å². The summed E-state index contributed by atoms with van der Waals surface area (Å²) in [6.07, 6.45) is 1.82. The first-order valence-electron chi connectivity index (χ1n) is 4.78. The molecule has 0 fully saturated rings. The van der Waals surface area contributed by atoms with Crippen LogP contribution >= 0.6 is 27.3 Å². The lowest BCUT2D eigenvalue weighted by Gasteiger charge is -1.96. The third-order valence-corrected chi connectivity index (χ3v) is 3.95. The fourth-order valence-electron chi connectivity index (χ4n) is 1.56. The summed E-state index contributed by atoms with van der Waals surface area (Å²) in [5.41, 5.74) is 1.27. The molecule has 6 heteroatoms. The number of nitriles is 1. The molecule has 0 amide bonds. The number of halogens is 1. The van der Waals surface area contributed by atoms with Gasteiger partial charge in [-0.3, -0.25) is 4.40 Å². The lowest BCUT2D eigenvalue weighted by Crippen LogP contribution is -1.87. The van der Waals surface area contributed by atoms with Gasteiger partial charge in [-0.1, -0.05) is 0 Å². The van der Waals surface area contributed by atoms with Gasteiger partial charge in [0, 0.05) is 12.3 Å². The van der Waals surface area contributed by atoms with Crippen LogP contribution in [-0.4, -0.2) is 14.6 Å². The van der Waals surface area contributed by atoms with E-state index in [1.807, 2.05) is 22.7 Å². The molecule has 3 heterocycles. The van der Waals surface area contributed by atoms with Crippen molar-refractivity contribution < 1.29 is 0 Å². The Bertz CT molecular complexity index is 737. The first-order valence-corrected chi connectivity index (χ1v) is 6.39. The normalized spacial score (nSPS) is 10.6. The fraction of sp³-hybridized carbons (Fsp3) is 0. The summed E-state index contributed by atoms with van der Waals surface area (Å²) < 4.78 is 2.93. The van der Waals surface area contributed by atoms with Crippen molar-refractivity contribution in [3.8, 4) is 16.8 Å². The van der Waals surface area contributed by atoms with Crippen LogP contribution in [0.5, 0.6) is 0 Å². The highest BCUT2D eigenvalue weighted by atomic mass is 79.9. The standard InChI is InChI=1S/C11H5BrN4S/c12-9-2-1-8(17-9)11-15-14-10-5-7(6-13)3-4-16(10)11/h1-5H. The molecule has 0 atom stereocenters. The predicted octanol–water partition coefficient (Wildman–Crippen LogP) is 3.09. The maximum absolute atomic E-state index is 8.81. The summed E-state index contributed by atoms with van der Waals surface area (Å²) in [6.45, 7) is 0. The number of nitrogens with zero attached hydrogens (tertiary/aromatic N) is 4. The number of hydrogen-bond acceptors (Lipinski definition) is 4.